The monoisotopic (exact) mass is 626 g/mol. The highest BCUT2D eigenvalue weighted by molar-refractivity contribution is 5.68. The Hall–Kier alpha value is -3.11. The number of ether oxygens (including phenoxy) is 2. The molecule has 1 aliphatic rings. The number of carboxylic acids is 1. The number of carbonyl (C=O) groups is 1. The molecule has 13 heteroatoms. The lowest BCUT2D eigenvalue weighted by atomic mass is 10.2. The van der Waals surface area contributed by atoms with E-state index in [0.717, 1.165) is 56.1 Å². The van der Waals surface area contributed by atoms with Crippen molar-refractivity contribution in [2.45, 2.75) is 39.8 Å². The summed E-state index contributed by atoms with van der Waals surface area (Å²) in [6, 6.07) is 16.1. The molecular weight excluding hydrogens is 564 g/mol. The molecule has 2 aromatic carbocycles. The average molecular weight is 627 g/mol. The number of rotatable bonds is 10. The lowest BCUT2D eigenvalue weighted by Crippen LogP contribution is -2.10. The zero-order valence-electron chi connectivity index (χ0n) is 27.1. The summed E-state index contributed by atoms with van der Waals surface area (Å²) in [6.07, 6.45) is 3.78. The zero-order chi connectivity index (χ0) is 34.4. The molecule has 0 fully saturated rings. The number of carboxylic acid groups (broad SMARTS) is 1. The molecule has 0 aliphatic carbocycles. The van der Waals surface area contributed by atoms with Crippen LogP contribution in [0.1, 0.15) is 37.8 Å². The number of aliphatic hydroxyl groups is 1. The predicted molar refractivity (Wildman–Crippen MR) is 183 cm³/mol. The van der Waals surface area contributed by atoms with Crippen LogP contribution in [0.2, 0.25) is 0 Å². The third-order valence-corrected chi connectivity index (χ3v) is 4.50. The van der Waals surface area contributed by atoms with E-state index in [1.807, 2.05) is 43.4 Å². The first kappa shape index (κ1) is 47.8. The largest absolute Gasteiger partial charge is 0.480 e. The average Bonchev–Trinajstić information content (AvgIpc) is 3.54. The third kappa shape index (κ3) is 38.9. The number of benzene rings is 2. The molecule has 256 valence electrons. The van der Waals surface area contributed by atoms with Gasteiger partial charge in [0, 0.05) is 26.2 Å². The van der Waals surface area contributed by atoms with Gasteiger partial charge in [-0.15, -0.1) is 6.58 Å². The second-order valence-corrected chi connectivity index (χ2v) is 8.96. The van der Waals surface area contributed by atoms with Crippen LogP contribution < -0.4 is 54.9 Å². The highest BCUT2D eigenvalue weighted by atomic mass is 16.7. The van der Waals surface area contributed by atoms with Crippen LogP contribution in [0.15, 0.2) is 61.2 Å². The van der Waals surface area contributed by atoms with Gasteiger partial charge >= 0.3 is 5.97 Å². The molecule has 0 saturated heterocycles. The number of fused-ring (bicyclic) bond motifs is 1. The van der Waals surface area contributed by atoms with E-state index in [1.54, 1.807) is 6.08 Å². The number of nitrogens with one attached hydrogen (secondary N) is 1. The van der Waals surface area contributed by atoms with Crippen molar-refractivity contribution in [1.82, 2.24) is 5.32 Å². The molecule has 0 aromatic heterocycles. The summed E-state index contributed by atoms with van der Waals surface area (Å²) < 4.78 is 10.3. The molecule has 3 rings (SSSR count). The minimum absolute atomic E-state index is 0.0972. The van der Waals surface area contributed by atoms with Gasteiger partial charge in [-0.3, -0.25) is 4.79 Å². The van der Waals surface area contributed by atoms with Gasteiger partial charge in [-0.05, 0) is 68.7 Å². The number of hydrogen-bond acceptors (Lipinski definition) is 12. The fourth-order valence-electron chi connectivity index (χ4n) is 2.16. The Bertz CT molecular complexity index is 856. The van der Waals surface area contributed by atoms with E-state index in [2.05, 4.69) is 43.6 Å². The second-order valence-electron chi connectivity index (χ2n) is 8.96. The Kier molecular flexibility index (Phi) is 43.3. The van der Waals surface area contributed by atoms with Crippen molar-refractivity contribution in [2.75, 3.05) is 59.7 Å². The summed E-state index contributed by atoms with van der Waals surface area (Å²) >= 11 is 0. The van der Waals surface area contributed by atoms with Gasteiger partial charge in [0.05, 0.1) is 13.2 Å². The van der Waals surface area contributed by atoms with E-state index in [-0.39, 0.29) is 13.2 Å². The molecule has 0 spiro atoms. The van der Waals surface area contributed by atoms with Crippen LogP contribution in [0.4, 0.5) is 0 Å². The molecular formula is C31H62N8O5. The molecule has 1 heterocycles. The van der Waals surface area contributed by atoms with Crippen LogP contribution in [0, 0.1) is 5.92 Å². The second kappa shape index (κ2) is 39.9. The number of unbranched alkanes of at least 4 members (excludes halogenated alkanes) is 1. The Labute approximate surface area is 265 Å². The molecule has 44 heavy (non-hydrogen) atoms. The topological polar surface area (TPSA) is 270 Å². The normalized spacial score (nSPS) is 9.73. The van der Waals surface area contributed by atoms with Crippen LogP contribution in [-0.4, -0.2) is 75.9 Å². The van der Waals surface area contributed by atoms with Gasteiger partial charge in [0.2, 0.25) is 6.79 Å². The van der Waals surface area contributed by atoms with E-state index >= 15 is 0 Å². The van der Waals surface area contributed by atoms with Crippen LogP contribution >= 0.6 is 0 Å². The first-order chi connectivity index (χ1) is 21.1. The van der Waals surface area contributed by atoms with Crippen molar-refractivity contribution in [1.29, 1.82) is 0 Å². The molecule has 2 aromatic rings. The van der Waals surface area contributed by atoms with Gasteiger partial charge in [0.25, 0.3) is 0 Å². The van der Waals surface area contributed by atoms with Crippen molar-refractivity contribution >= 4 is 5.97 Å². The molecule has 1 aliphatic heterocycles. The van der Waals surface area contributed by atoms with Gasteiger partial charge in [-0.1, -0.05) is 56.3 Å². The SMILES string of the molecule is C=CCN.CC(C)CN.CNCc1ccccc1.NCC(=O)O.NCCCCN.NCCO.NCc1ccc2c(c1)OCO2. The van der Waals surface area contributed by atoms with Crippen LogP contribution in [0.5, 0.6) is 11.5 Å². The van der Waals surface area contributed by atoms with Crippen molar-refractivity contribution < 1.29 is 24.5 Å². The molecule has 0 amide bonds. The quantitative estimate of drug-likeness (QED) is 0.128. The summed E-state index contributed by atoms with van der Waals surface area (Å²) in [7, 11) is 1.95. The van der Waals surface area contributed by atoms with Crippen LogP contribution in [0.25, 0.3) is 0 Å². The number of nitrogens with two attached hydrogens (primary N) is 7. The molecule has 13 nitrogen and oxygen atoms in total. The summed E-state index contributed by atoms with van der Waals surface area (Å²) in [4.78, 5) is 9.24. The van der Waals surface area contributed by atoms with Crippen LogP contribution in [-0.2, 0) is 17.9 Å². The number of hydrogen-bond donors (Lipinski definition) is 10. The van der Waals surface area contributed by atoms with Gasteiger partial charge in [-0.25, -0.2) is 0 Å². The summed E-state index contributed by atoms with van der Waals surface area (Å²) in [5.41, 5.74) is 37.6. The predicted octanol–water partition coefficient (Wildman–Crippen LogP) is 0.663. The van der Waals surface area contributed by atoms with Crippen molar-refractivity contribution in [3.05, 3.63) is 72.3 Å². The van der Waals surface area contributed by atoms with E-state index < -0.39 is 5.97 Å². The number of aliphatic hydroxyl groups excluding tert-OH is 1. The van der Waals surface area contributed by atoms with E-state index in [4.69, 9.17) is 54.1 Å². The maximum atomic E-state index is 9.24. The maximum Gasteiger partial charge on any atom is 0.317 e. The molecule has 0 atom stereocenters. The molecule has 0 saturated carbocycles. The van der Waals surface area contributed by atoms with Gasteiger partial charge < -0.3 is 65.1 Å². The van der Waals surface area contributed by atoms with Gasteiger partial charge in [0.15, 0.2) is 11.5 Å². The molecule has 17 N–H and O–H groups in total. The molecule has 0 bridgehead atoms. The minimum atomic E-state index is -0.968. The van der Waals surface area contributed by atoms with Crippen molar-refractivity contribution in [3.8, 4) is 11.5 Å². The van der Waals surface area contributed by atoms with Crippen LogP contribution in [0.3, 0.4) is 0 Å². The fourth-order valence-corrected chi connectivity index (χ4v) is 2.16. The molecule has 0 unspecified atom stereocenters. The number of aliphatic carboxylic acids is 1. The first-order valence-electron chi connectivity index (χ1n) is 14.5. The summed E-state index contributed by atoms with van der Waals surface area (Å²) in [5, 5.41) is 18.4. The Morgan fingerprint density at radius 3 is 1.73 bits per heavy atom. The Balaban J connectivity index is -0.000000221. The van der Waals surface area contributed by atoms with E-state index in [9.17, 15) is 4.79 Å². The Morgan fingerprint density at radius 1 is 0.909 bits per heavy atom. The summed E-state index contributed by atoms with van der Waals surface area (Å²) in [6.45, 7) is 12.5. The maximum absolute atomic E-state index is 9.24. The fraction of sp³-hybridized carbons (Fsp3) is 0.516. The highest BCUT2D eigenvalue weighted by Crippen LogP contribution is 2.32. The third-order valence-electron chi connectivity index (χ3n) is 4.50. The zero-order valence-corrected chi connectivity index (χ0v) is 27.1. The smallest absolute Gasteiger partial charge is 0.317 e. The van der Waals surface area contributed by atoms with Gasteiger partial charge in [0.1, 0.15) is 0 Å². The van der Waals surface area contributed by atoms with E-state index in [0.29, 0.717) is 32.3 Å². The standard InChI is InChI=1S/C8H9NO2.C8H11N.C4H12N2.C4H11N.C3H7N.C2H5NO2.C2H7NO/c9-4-6-1-2-7-8(3-6)11-5-10-7;1-9-7-8-5-3-2-4-6-8;5-3-1-2-4-6;1-4(2)3-5;1-2-3-4;3-1-2(4)5;3-1-2-4/h1-3H,4-5,9H2;2-6,9H,7H2,1H3;1-6H2;4H,3,5H2,1-2H3;2H,1,3-4H2;1,3H2,(H,4,5);4H,1-3H2. The van der Waals surface area contributed by atoms with Gasteiger partial charge in [-0.2, -0.15) is 0 Å². The minimum Gasteiger partial charge on any atom is -0.480 e. The summed E-state index contributed by atoms with van der Waals surface area (Å²) in [5.74, 6) is 1.30. The molecule has 0 radical (unpaired) electrons. The van der Waals surface area contributed by atoms with Crippen molar-refractivity contribution in [2.24, 2.45) is 46.1 Å². The van der Waals surface area contributed by atoms with Crippen molar-refractivity contribution in [3.63, 3.8) is 0 Å². The van der Waals surface area contributed by atoms with E-state index in [1.165, 1.54) is 5.56 Å². The lowest BCUT2D eigenvalue weighted by molar-refractivity contribution is -0.135. The Morgan fingerprint density at radius 2 is 1.39 bits per heavy atom. The first-order valence-corrected chi connectivity index (χ1v) is 14.5. The lowest BCUT2D eigenvalue weighted by Gasteiger charge is -1.97. The highest BCUT2D eigenvalue weighted by Gasteiger charge is 2.12.